The number of aromatic nitrogens is 1. The Morgan fingerprint density at radius 2 is 1.79 bits per heavy atom. The van der Waals surface area contributed by atoms with Crippen LogP contribution < -0.4 is 10.7 Å². The Balaban J connectivity index is 1.51. The largest absolute Gasteiger partial charge is 0.358 e. The molecule has 6 heteroatoms. The smallest absolute Gasteiger partial charge is 0.240 e. The normalized spacial score (nSPS) is 11.1. The summed E-state index contributed by atoms with van der Waals surface area (Å²) in [5.41, 5.74) is 8.26. The molecule has 0 atom stereocenters. The molecular formula is C22H24N4O2. The second-order valence-electron chi connectivity index (χ2n) is 6.87. The quantitative estimate of drug-likeness (QED) is 0.449. The number of carbonyl (C=O) groups excluding carboxylic acids is 2. The number of nitrogens with zero attached hydrogens (tertiary/aromatic N) is 1. The summed E-state index contributed by atoms with van der Waals surface area (Å²) >= 11 is 0. The lowest BCUT2D eigenvalue weighted by Crippen LogP contribution is -2.21. The molecule has 0 aliphatic heterocycles. The van der Waals surface area contributed by atoms with Crippen molar-refractivity contribution < 1.29 is 9.59 Å². The van der Waals surface area contributed by atoms with E-state index in [9.17, 15) is 9.59 Å². The van der Waals surface area contributed by atoms with Crippen LogP contribution in [-0.2, 0) is 9.59 Å². The summed E-state index contributed by atoms with van der Waals surface area (Å²) in [6.45, 7) is 5.86. The van der Waals surface area contributed by atoms with Crippen LogP contribution >= 0.6 is 0 Å². The Bertz CT molecular complexity index is 1050. The average molecular weight is 376 g/mol. The minimum Gasteiger partial charge on any atom is -0.358 e. The summed E-state index contributed by atoms with van der Waals surface area (Å²) in [5.74, 6) is -0.495. The summed E-state index contributed by atoms with van der Waals surface area (Å²) in [6.07, 6.45) is 1.80. The number of hydrogen-bond acceptors (Lipinski definition) is 3. The molecule has 0 aliphatic rings. The first-order chi connectivity index (χ1) is 13.4. The van der Waals surface area contributed by atoms with Crippen LogP contribution in [0.1, 0.15) is 35.2 Å². The van der Waals surface area contributed by atoms with Crippen molar-refractivity contribution in [2.75, 3.05) is 5.32 Å². The molecule has 28 heavy (non-hydrogen) atoms. The summed E-state index contributed by atoms with van der Waals surface area (Å²) < 4.78 is 0. The third-order valence-corrected chi connectivity index (χ3v) is 4.57. The van der Waals surface area contributed by atoms with Gasteiger partial charge in [-0.05, 0) is 44.0 Å². The van der Waals surface area contributed by atoms with Gasteiger partial charge in [0.05, 0.1) is 6.21 Å². The van der Waals surface area contributed by atoms with E-state index in [0.717, 1.165) is 39.0 Å². The molecule has 0 spiro atoms. The number of aromatic amines is 1. The zero-order chi connectivity index (χ0) is 20.1. The van der Waals surface area contributed by atoms with Gasteiger partial charge in [0.15, 0.2) is 0 Å². The molecule has 1 heterocycles. The van der Waals surface area contributed by atoms with Crippen LogP contribution in [0.3, 0.4) is 0 Å². The highest BCUT2D eigenvalue weighted by molar-refractivity contribution is 6.01. The molecule has 3 N–H and O–H groups in total. The van der Waals surface area contributed by atoms with Crippen molar-refractivity contribution in [2.45, 2.75) is 33.6 Å². The minimum absolute atomic E-state index is 0.0703. The van der Waals surface area contributed by atoms with Gasteiger partial charge in [0, 0.05) is 40.7 Å². The maximum atomic E-state index is 12.1. The first-order valence-electron chi connectivity index (χ1n) is 9.20. The number of benzene rings is 2. The molecule has 0 unspecified atom stereocenters. The first kappa shape index (κ1) is 19.4. The Morgan fingerprint density at radius 1 is 1.04 bits per heavy atom. The minimum atomic E-state index is -0.301. The molecule has 0 radical (unpaired) electrons. The lowest BCUT2D eigenvalue weighted by Gasteiger charge is -2.09. The number of rotatable bonds is 6. The Hall–Kier alpha value is -3.41. The van der Waals surface area contributed by atoms with Gasteiger partial charge in [-0.15, -0.1) is 0 Å². The molecule has 2 aromatic carbocycles. The van der Waals surface area contributed by atoms with Gasteiger partial charge in [-0.3, -0.25) is 9.59 Å². The van der Waals surface area contributed by atoms with Gasteiger partial charge < -0.3 is 10.3 Å². The average Bonchev–Trinajstić information content (AvgIpc) is 2.98. The second kappa shape index (κ2) is 8.52. The highest BCUT2D eigenvalue weighted by Crippen LogP contribution is 2.20. The Labute approximate surface area is 164 Å². The molecule has 6 nitrogen and oxygen atoms in total. The van der Waals surface area contributed by atoms with Gasteiger partial charge in [0.25, 0.3) is 0 Å². The van der Waals surface area contributed by atoms with Gasteiger partial charge >= 0.3 is 0 Å². The molecule has 1 aromatic heterocycles. The standard InChI is InChI=1S/C22H24N4O2/c1-14-8-9-15(2)20(12-14)25-21(27)10-11-22(28)26-23-13-18-16(3)24-19-7-5-4-6-17(18)19/h4-9,12-13,24H,10-11H2,1-3H3,(H,25,27)(H,26,28)/b23-13+. The Morgan fingerprint density at radius 3 is 2.61 bits per heavy atom. The number of hydrazone groups is 1. The number of fused-ring (bicyclic) bond motifs is 1. The van der Waals surface area contributed by atoms with E-state index in [-0.39, 0.29) is 24.7 Å². The number of anilines is 1. The fourth-order valence-corrected chi connectivity index (χ4v) is 3.00. The third-order valence-electron chi connectivity index (χ3n) is 4.57. The maximum Gasteiger partial charge on any atom is 0.240 e. The van der Waals surface area contributed by atoms with Crippen molar-refractivity contribution >= 4 is 34.6 Å². The number of hydrogen-bond donors (Lipinski definition) is 3. The van der Waals surface area contributed by atoms with E-state index >= 15 is 0 Å². The molecular weight excluding hydrogens is 352 g/mol. The Kier molecular flexibility index (Phi) is 5.89. The monoisotopic (exact) mass is 376 g/mol. The van der Waals surface area contributed by atoms with E-state index in [4.69, 9.17) is 0 Å². The molecule has 144 valence electrons. The van der Waals surface area contributed by atoms with Gasteiger partial charge in [0.1, 0.15) is 0 Å². The number of carbonyl (C=O) groups is 2. The summed E-state index contributed by atoms with van der Waals surface area (Å²) in [4.78, 5) is 27.4. The number of H-pyrrole nitrogens is 1. The number of para-hydroxylation sites is 1. The maximum absolute atomic E-state index is 12.1. The van der Waals surface area contributed by atoms with Crippen LogP contribution in [0.2, 0.25) is 0 Å². The number of nitrogens with one attached hydrogen (secondary N) is 3. The van der Waals surface area contributed by atoms with Crippen LogP contribution in [0.25, 0.3) is 10.9 Å². The zero-order valence-electron chi connectivity index (χ0n) is 16.3. The third kappa shape index (κ3) is 4.65. The van der Waals surface area contributed by atoms with E-state index in [0.29, 0.717) is 0 Å². The highest BCUT2D eigenvalue weighted by atomic mass is 16.2. The van der Waals surface area contributed by atoms with E-state index in [1.165, 1.54) is 0 Å². The lowest BCUT2D eigenvalue weighted by atomic mass is 10.1. The summed E-state index contributed by atoms with van der Waals surface area (Å²) in [6, 6.07) is 13.8. The topological polar surface area (TPSA) is 86.3 Å². The van der Waals surface area contributed by atoms with Crippen molar-refractivity contribution in [3.05, 3.63) is 64.8 Å². The highest BCUT2D eigenvalue weighted by Gasteiger charge is 2.09. The number of amides is 2. The van der Waals surface area contributed by atoms with E-state index < -0.39 is 0 Å². The van der Waals surface area contributed by atoms with E-state index in [1.54, 1.807) is 6.21 Å². The van der Waals surface area contributed by atoms with Gasteiger partial charge in [-0.1, -0.05) is 30.3 Å². The SMILES string of the molecule is Cc1ccc(C)c(NC(=O)CCC(=O)N/N=C/c2c(C)[nH]c3ccccc23)c1. The van der Waals surface area contributed by atoms with Crippen LogP contribution in [0, 0.1) is 20.8 Å². The van der Waals surface area contributed by atoms with Crippen LogP contribution in [0.5, 0.6) is 0 Å². The van der Waals surface area contributed by atoms with Crippen molar-refractivity contribution in [2.24, 2.45) is 5.10 Å². The van der Waals surface area contributed by atoms with Crippen LogP contribution in [-0.4, -0.2) is 23.0 Å². The van der Waals surface area contributed by atoms with Gasteiger partial charge in [-0.25, -0.2) is 5.43 Å². The molecule has 3 aromatic rings. The van der Waals surface area contributed by atoms with Crippen LogP contribution in [0.15, 0.2) is 47.6 Å². The molecule has 0 fully saturated rings. The van der Waals surface area contributed by atoms with Crippen molar-refractivity contribution in [1.29, 1.82) is 0 Å². The summed E-state index contributed by atoms with van der Waals surface area (Å²) in [7, 11) is 0. The molecule has 0 saturated carbocycles. The predicted molar refractivity (Wildman–Crippen MR) is 113 cm³/mol. The first-order valence-corrected chi connectivity index (χ1v) is 9.20. The van der Waals surface area contributed by atoms with Crippen molar-refractivity contribution in [3.63, 3.8) is 0 Å². The lowest BCUT2D eigenvalue weighted by molar-refractivity contribution is -0.124. The predicted octanol–water partition coefficient (Wildman–Crippen LogP) is 3.96. The second-order valence-corrected chi connectivity index (χ2v) is 6.87. The fraction of sp³-hybridized carbons (Fsp3) is 0.227. The van der Waals surface area contributed by atoms with Crippen molar-refractivity contribution in [1.82, 2.24) is 10.4 Å². The molecule has 0 bridgehead atoms. The van der Waals surface area contributed by atoms with E-state index in [1.807, 2.05) is 63.2 Å². The van der Waals surface area contributed by atoms with Gasteiger partial charge in [-0.2, -0.15) is 5.10 Å². The molecule has 0 saturated heterocycles. The molecule has 3 rings (SSSR count). The van der Waals surface area contributed by atoms with Crippen LogP contribution in [0.4, 0.5) is 5.69 Å². The molecule has 0 aliphatic carbocycles. The number of aryl methyl sites for hydroxylation is 3. The fourth-order valence-electron chi connectivity index (χ4n) is 3.00. The van der Waals surface area contributed by atoms with Crippen molar-refractivity contribution in [3.8, 4) is 0 Å². The zero-order valence-corrected chi connectivity index (χ0v) is 16.3. The molecule has 2 amide bonds. The van der Waals surface area contributed by atoms with E-state index in [2.05, 4.69) is 20.8 Å². The van der Waals surface area contributed by atoms with Gasteiger partial charge in [0.2, 0.25) is 11.8 Å². The summed E-state index contributed by atoms with van der Waals surface area (Å²) in [5, 5.41) is 7.93.